The highest BCUT2D eigenvalue weighted by atomic mass is 15.2. The molecular weight excluding hydrogens is 262 g/mol. The summed E-state index contributed by atoms with van der Waals surface area (Å²) in [5, 5.41) is 11.1. The third-order valence-electron chi connectivity index (χ3n) is 2.91. The molecule has 108 valence electrons. The van der Waals surface area contributed by atoms with Gasteiger partial charge in [-0.25, -0.2) is 4.98 Å². The summed E-state index contributed by atoms with van der Waals surface area (Å²) in [6.07, 6.45) is 5.18. The van der Waals surface area contributed by atoms with Gasteiger partial charge in [0.1, 0.15) is 5.82 Å². The molecule has 1 N–H and O–H groups in total. The summed E-state index contributed by atoms with van der Waals surface area (Å²) in [5.74, 6) is 0.917. The van der Waals surface area contributed by atoms with Crippen LogP contribution in [0.5, 0.6) is 0 Å². The Labute approximate surface area is 125 Å². The van der Waals surface area contributed by atoms with Gasteiger partial charge in [0.2, 0.25) is 0 Å². The van der Waals surface area contributed by atoms with Crippen molar-refractivity contribution in [3.8, 4) is 0 Å². The van der Waals surface area contributed by atoms with E-state index in [0.29, 0.717) is 0 Å². The Kier molecular flexibility index (Phi) is 5.04. The van der Waals surface area contributed by atoms with E-state index in [1.807, 2.05) is 62.4 Å². The van der Waals surface area contributed by atoms with Crippen molar-refractivity contribution in [2.75, 3.05) is 31.4 Å². The third kappa shape index (κ3) is 4.42. The molecule has 0 aliphatic heterocycles. The zero-order valence-electron chi connectivity index (χ0n) is 12.5. The van der Waals surface area contributed by atoms with Gasteiger partial charge in [0.25, 0.3) is 0 Å². The molecule has 0 radical (unpaired) electrons. The van der Waals surface area contributed by atoms with Crippen molar-refractivity contribution in [2.24, 2.45) is 10.2 Å². The Balaban J connectivity index is 1.96. The minimum atomic E-state index is 0.917. The van der Waals surface area contributed by atoms with Gasteiger partial charge in [0.05, 0.1) is 12.4 Å². The second-order valence-electron chi connectivity index (χ2n) is 4.71. The molecule has 21 heavy (non-hydrogen) atoms. The molecule has 0 spiro atoms. The lowest BCUT2D eigenvalue weighted by atomic mass is 10.2. The molecule has 0 aliphatic rings. The maximum atomic E-state index is 4.31. The lowest BCUT2D eigenvalue weighted by Crippen LogP contribution is -2.10. The average molecular weight is 281 g/mol. The fourth-order valence-electron chi connectivity index (χ4n) is 1.67. The van der Waals surface area contributed by atoms with Crippen LogP contribution in [0.15, 0.2) is 52.8 Å². The maximum Gasteiger partial charge on any atom is 0.127 e. The van der Waals surface area contributed by atoms with Gasteiger partial charge in [-0.1, -0.05) is 12.1 Å². The van der Waals surface area contributed by atoms with Crippen molar-refractivity contribution >= 4 is 23.9 Å². The molecule has 0 saturated carbocycles. The lowest BCUT2D eigenvalue weighted by Gasteiger charge is -2.09. The van der Waals surface area contributed by atoms with Crippen molar-refractivity contribution in [1.29, 1.82) is 0 Å². The summed E-state index contributed by atoms with van der Waals surface area (Å²) in [5.41, 5.74) is 3.00. The molecule has 1 aromatic heterocycles. The summed E-state index contributed by atoms with van der Waals surface area (Å²) >= 11 is 0. The first-order valence-electron chi connectivity index (χ1n) is 6.66. The molecule has 0 atom stereocenters. The van der Waals surface area contributed by atoms with E-state index in [-0.39, 0.29) is 0 Å². The highest BCUT2D eigenvalue weighted by molar-refractivity contribution is 5.83. The highest BCUT2D eigenvalue weighted by Crippen LogP contribution is 2.07. The van der Waals surface area contributed by atoms with E-state index in [2.05, 4.69) is 20.5 Å². The Morgan fingerprint density at radius 1 is 0.952 bits per heavy atom. The van der Waals surface area contributed by atoms with Gasteiger partial charge in [-0.2, -0.15) is 10.2 Å². The van der Waals surface area contributed by atoms with E-state index in [1.54, 1.807) is 18.6 Å². The zero-order chi connectivity index (χ0) is 15.1. The molecule has 1 heterocycles. The Morgan fingerprint density at radius 2 is 1.57 bits per heavy atom. The van der Waals surface area contributed by atoms with Crippen LogP contribution in [-0.2, 0) is 0 Å². The van der Waals surface area contributed by atoms with Crippen molar-refractivity contribution in [1.82, 2.24) is 4.98 Å². The van der Waals surface area contributed by atoms with Crippen LogP contribution in [0, 0.1) is 0 Å². The van der Waals surface area contributed by atoms with E-state index in [1.165, 1.54) is 0 Å². The highest BCUT2D eigenvalue weighted by Gasteiger charge is 1.95. The molecule has 0 fully saturated rings. The van der Waals surface area contributed by atoms with Crippen LogP contribution in [0.4, 0.5) is 11.5 Å². The number of nitrogens with one attached hydrogen (secondary N) is 1. The van der Waals surface area contributed by atoms with E-state index in [9.17, 15) is 0 Å². The van der Waals surface area contributed by atoms with Crippen molar-refractivity contribution in [2.45, 2.75) is 0 Å². The number of benzene rings is 1. The van der Waals surface area contributed by atoms with Gasteiger partial charge in [0.15, 0.2) is 0 Å². The van der Waals surface area contributed by atoms with Gasteiger partial charge < -0.3 is 10.2 Å². The molecule has 0 aliphatic carbocycles. The van der Waals surface area contributed by atoms with Crippen LogP contribution in [-0.4, -0.2) is 38.6 Å². The first-order chi connectivity index (χ1) is 10.2. The molecule has 0 saturated heterocycles. The first-order valence-corrected chi connectivity index (χ1v) is 6.66. The predicted octanol–water partition coefficient (Wildman–Crippen LogP) is 2.64. The van der Waals surface area contributed by atoms with E-state index in [0.717, 1.165) is 22.6 Å². The molecule has 0 unspecified atom stereocenters. The Morgan fingerprint density at radius 3 is 2.10 bits per heavy atom. The molecule has 0 bridgehead atoms. The fourth-order valence-corrected chi connectivity index (χ4v) is 1.67. The second kappa shape index (κ2) is 7.19. The van der Waals surface area contributed by atoms with Crippen LogP contribution in [0.25, 0.3) is 0 Å². The summed E-state index contributed by atoms with van der Waals surface area (Å²) in [6.45, 7) is 0. The monoisotopic (exact) mass is 281 g/mol. The lowest BCUT2D eigenvalue weighted by molar-refractivity contribution is 1.07. The van der Waals surface area contributed by atoms with Gasteiger partial charge in [-0.3, -0.25) is 0 Å². The van der Waals surface area contributed by atoms with Gasteiger partial charge >= 0.3 is 0 Å². The summed E-state index contributed by atoms with van der Waals surface area (Å²) in [4.78, 5) is 6.26. The number of pyridine rings is 1. The van der Waals surface area contributed by atoms with E-state index < -0.39 is 0 Å². The minimum Gasteiger partial charge on any atom is -0.388 e. The molecule has 5 heteroatoms. The van der Waals surface area contributed by atoms with Gasteiger partial charge in [0, 0.05) is 38.6 Å². The number of aromatic nitrogens is 1. The van der Waals surface area contributed by atoms with Crippen LogP contribution >= 0.6 is 0 Å². The quantitative estimate of drug-likeness (QED) is 0.677. The van der Waals surface area contributed by atoms with Gasteiger partial charge in [-0.15, -0.1) is 0 Å². The van der Waals surface area contributed by atoms with E-state index >= 15 is 0 Å². The molecule has 0 amide bonds. The molecular formula is C16H19N5. The third-order valence-corrected chi connectivity index (χ3v) is 2.91. The molecule has 5 nitrogen and oxygen atoms in total. The number of nitrogens with zero attached hydrogens (tertiary/aromatic N) is 4. The van der Waals surface area contributed by atoms with Crippen molar-refractivity contribution < 1.29 is 0 Å². The van der Waals surface area contributed by atoms with Crippen LogP contribution in [0.2, 0.25) is 0 Å². The number of anilines is 2. The molecule has 1 aromatic carbocycles. The summed E-state index contributed by atoms with van der Waals surface area (Å²) in [7, 11) is 5.81. The largest absolute Gasteiger partial charge is 0.388 e. The predicted molar refractivity (Wildman–Crippen MR) is 89.7 cm³/mol. The van der Waals surface area contributed by atoms with E-state index in [4.69, 9.17) is 0 Å². The Bertz CT molecular complexity index is 612. The maximum absolute atomic E-state index is 4.31. The zero-order valence-corrected chi connectivity index (χ0v) is 12.5. The number of hydrogen-bond acceptors (Lipinski definition) is 5. The molecule has 2 rings (SSSR count). The van der Waals surface area contributed by atoms with Crippen molar-refractivity contribution in [3.63, 3.8) is 0 Å². The summed E-state index contributed by atoms with van der Waals surface area (Å²) < 4.78 is 0. The fraction of sp³-hybridized carbons (Fsp3) is 0.188. The Hall–Kier alpha value is -2.69. The topological polar surface area (TPSA) is 52.9 Å². The standard InChI is InChI=1S/C16H19N5/c1-17-15-7-4-13(5-8-15)11-19-20-12-14-6-9-16(18-10-14)21(2)3/h4-12,17H,1-3H3/b19-11+,20-12+. The van der Waals surface area contributed by atoms with Gasteiger partial charge in [-0.05, 0) is 29.8 Å². The molecule has 2 aromatic rings. The minimum absolute atomic E-state index is 0.917. The van der Waals surface area contributed by atoms with Crippen LogP contribution < -0.4 is 10.2 Å². The SMILES string of the molecule is CNc1ccc(/C=N/N=C/c2ccc(N(C)C)nc2)cc1. The first kappa shape index (κ1) is 14.7. The smallest absolute Gasteiger partial charge is 0.127 e. The number of rotatable bonds is 5. The number of hydrogen-bond donors (Lipinski definition) is 1. The van der Waals surface area contributed by atoms with Crippen molar-refractivity contribution in [3.05, 3.63) is 53.7 Å². The normalized spacial score (nSPS) is 11.2. The average Bonchev–Trinajstić information content (AvgIpc) is 2.52. The van der Waals surface area contributed by atoms with Crippen LogP contribution in [0.3, 0.4) is 0 Å². The summed E-state index contributed by atoms with van der Waals surface area (Å²) in [6, 6.07) is 11.9. The second-order valence-corrected chi connectivity index (χ2v) is 4.71. The van der Waals surface area contributed by atoms with Crippen LogP contribution in [0.1, 0.15) is 11.1 Å².